The van der Waals surface area contributed by atoms with Crippen molar-refractivity contribution in [2.75, 3.05) is 11.9 Å². The first-order valence-corrected chi connectivity index (χ1v) is 6.48. The van der Waals surface area contributed by atoms with E-state index in [1.807, 2.05) is 17.0 Å². The lowest BCUT2D eigenvalue weighted by atomic mass is 9.92. The minimum atomic E-state index is -0.0339. The lowest BCUT2D eigenvalue weighted by molar-refractivity contribution is 0.161. The molecular formula is C12H12Cl2N2O. The maximum Gasteiger partial charge on any atom is 0.322 e. The fraction of sp³-hybridized carbons (Fsp3) is 0.417. The number of nitrogens with zero attached hydrogens (tertiary/aromatic N) is 1. The number of rotatable bonds is 0. The van der Waals surface area contributed by atoms with Gasteiger partial charge in [-0.1, -0.05) is 11.6 Å². The van der Waals surface area contributed by atoms with E-state index < -0.39 is 0 Å². The van der Waals surface area contributed by atoms with E-state index in [4.69, 9.17) is 23.2 Å². The third-order valence-corrected chi connectivity index (χ3v) is 4.05. The summed E-state index contributed by atoms with van der Waals surface area (Å²) in [4.78, 5) is 13.8. The van der Waals surface area contributed by atoms with Gasteiger partial charge in [0.15, 0.2) is 0 Å². The van der Waals surface area contributed by atoms with Gasteiger partial charge in [0, 0.05) is 22.6 Å². The fourth-order valence-corrected chi connectivity index (χ4v) is 3.02. The first kappa shape index (κ1) is 11.2. The van der Waals surface area contributed by atoms with Crippen LogP contribution >= 0.6 is 23.2 Å². The molecule has 2 aliphatic heterocycles. The van der Waals surface area contributed by atoms with Gasteiger partial charge in [-0.2, -0.15) is 0 Å². The highest BCUT2D eigenvalue weighted by Crippen LogP contribution is 2.41. The van der Waals surface area contributed by atoms with Gasteiger partial charge in [0.1, 0.15) is 0 Å². The second-order valence-corrected chi connectivity index (χ2v) is 5.55. The van der Waals surface area contributed by atoms with Crippen LogP contribution in [-0.2, 0) is 0 Å². The zero-order valence-electron chi connectivity index (χ0n) is 9.12. The van der Waals surface area contributed by atoms with E-state index in [2.05, 4.69) is 5.32 Å². The largest absolute Gasteiger partial charge is 0.322 e. The molecule has 3 rings (SSSR count). The average Bonchev–Trinajstić information content (AvgIpc) is 2.30. The van der Waals surface area contributed by atoms with E-state index in [1.54, 1.807) is 6.07 Å². The lowest BCUT2D eigenvalue weighted by Gasteiger charge is -2.42. The SMILES string of the molecule is O=C1Nc2ccc(Cl)cc2[C@@H]2CC(Cl)CCN12. The van der Waals surface area contributed by atoms with Crippen LogP contribution in [0.15, 0.2) is 18.2 Å². The van der Waals surface area contributed by atoms with E-state index in [0.29, 0.717) is 11.6 Å². The predicted molar refractivity (Wildman–Crippen MR) is 68.8 cm³/mol. The van der Waals surface area contributed by atoms with E-state index in [1.165, 1.54) is 0 Å². The van der Waals surface area contributed by atoms with Crippen molar-refractivity contribution in [3.63, 3.8) is 0 Å². The molecule has 2 atom stereocenters. The molecule has 17 heavy (non-hydrogen) atoms. The second kappa shape index (κ2) is 4.07. The second-order valence-electron chi connectivity index (χ2n) is 4.49. The summed E-state index contributed by atoms with van der Waals surface area (Å²) in [6.45, 7) is 0.705. The van der Waals surface area contributed by atoms with Crippen LogP contribution in [0.3, 0.4) is 0 Å². The van der Waals surface area contributed by atoms with E-state index in [-0.39, 0.29) is 17.5 Å². The normalized spacial score (nSPS) is 27.2. The zero-order valence-corrected chi connectivity index (χ0v) is 10.6. The minimum Gasteiger partial charge on any atom is -0.317 e. The maximum atomic E-state index is 11.9. The molecule has 1 fully saturated rings. The van der Waals surface area contributed by atoms with Crippen LogP contribution in [0.2, 0.25) is 5.02 Å². The summed E-state index contributed by atoms with van der Waals surface area (Å²) < 4.78 is 0. The minimum absolute atomic E-state index is 0.0339. The van der Waals surface area contributed by atoms with E-state index >= 15 is 0 Å². The Morgan fingerprint density at radius 3 is 3.06 bits per heavy atom. The van der Waals surface area contributed by atoms with Crippen LogP contribution < -0.4 is 5.32 Å². The molecule has 1 saturated heterocycles. The molecule has 1 aromatic carbocycles. The van der Waals surface area contributed by atoms with Crippen LogP contribution in [0.4, 0.5) is 10.5 Å². The number of alkyl halides is 1. The Morgan fingerprint density at radius 2 is 2.24 bits per heavy atom. The Bertz CT molecular complexity index is 478. The first-order chi connectivity index (χ1) is 8.15. The average molecular weight is 271 g/mol. The van der Waals surface area contributed by atoms with Gasteiger partial charge in [0.05, 0.1) is 6.04 Å². The van der Waals surface area contributed by atoms with Gasteiger partial charge in [-0.3, -0.25) is 0 Å². The van der Waals surface area contributed by atoms with Crippen molar-refractivity contribution in [2.45, 2.75) is 24.3 Å². The maximum absolute atomic E-state index is 11.9. The Labute approximate surface area is 110 Å². The molecule has 0 aliphatic carbocycles. The number of anilines is 1. The van der Waals surface area contributed by atoms with Crippen molar-refractivity contribution in [3.05, 3.63) is 28.8 Å². The summed E-state index contributed by atoms with van der Waals surface area (Å²) in [5.74, 6) is 0. The number of fused-ring (bicyclic) bond motifs is 3. The van der Waals surface area contributed by atoms with Gasteiger partial charge < -0.3 is 10.2 Å². The van der Waals surface area contributed by atoms with Crippen molar-refractivity contribution < 1.29 is 4.79 Å². The number of carbonyl (C=O) groups is 1. The van der Waals surface area contributed by atoms with Gasteiger partial charge in [-0.25, -0.2) is 4.79 Å². The zero-order chi connectivity index (χ0) is 12.0. The van der Waals surface area contributed by atoms with Crippen molar-refractivity contribution in [2.24, 2.45) is 0 Å². The van der Waals surface area contributed by atoms with E-state index in [9.17, 15) is 4.79 Å². The summed E-state index contributed by atoms with van der Waals surface area (Å²) in [5.41, 5.74) is 1.92. The highest BCUT2D eigenvalue weighted by Gasteiger charge is 2.36. The van der Waals surface area contributed by atoms with Crippen LogP contribution in [0.25, 0.3) is 0 Å². The molecule has 0 bridgehead atoms. The van der Waals surface area contributed by atoms with Crippen molar-refractivity contribution in [1.82, 2.24) is 4.90 Å². The quantitative estimate of drug-likeness (QED) is 0.718. The van der Waals surface area contributed by atoms with Gasteiger partial charge in [-0.05, 0) is 36.6 Å². The topological polar surface area (TPSA) is 32.3 Å². The number of piperidine rings is 1. The summed E-state index contributed by atoms with van der Waals surface area (Å²) in [7, 11) is 0. The molecule has 1 N–H and O–H groups in total. The first-order valence-electron chi connectivity index (χ1n) is 5.66. The highest BCUT2D eigenvalue weighted by atomic mass is 35.5. The third kappa shape index (κ3) is 1.87. The summed E-state index contributed by atoms with van der Waals surface area (Å²) in [6, 6.07) is 5.59. The molecule has 3 nitrogen and oxygen atoms in total. The third-order valence-electron chi connectivity index (χ3n) is 3.41. The number of amides is 2. The van der Waals surface area contributed by atoms with Crippen LogP contribution in [0, 0.1) is 0 Å². The molecular weight excluding hydrogens is 259 g/mol. The summed E-state index contributed by atoms with van der Waals surface area (Å²) in [5, 5.41) is 3.71. The molecule has 2 amide bonds. The molecule has 2 heterocycles. The fourth-order valence-electron chi connectivity index (χ4n) is 2.57. The highest BCUT2D eigenvalue weighted by molar-refractivity contribution is 6.30. The van der Waals surface area contributed by atoms with Gasteiger partial charge >= 0.3 is 6.03 Å². The number of urea groups is 1. The monoisotopic (exact) mass is 270 g/mol. The summed E-state index contributed by atoms with van der Waals surface area (Å²) in [6.07, 6.45) is 1.64. The van der Waals surface area contributed by atoms with Crippen LogP contribution in [0.1, 0.15) is 24.4 Å². The molecule has 1 unspecified atom stereocenters. The molecule has 1 aromatic rings. The predicted octanol–water partition coefficient (Wildman–Crippen LogP) is 3.63. The molecule has 0 radical (unpaired) electrons. The Hall–Kier alpha value is -0.930. The number of hydrogen-bond donors (Lipinski definition) is 1. The molecule has 2 aliphatic rings. The van der Waals surface area contributed by atoms with Crippen molar-refractivity contribution in [1.29, 1.82) is 0 Å². The number of benzene rings is 1. The van der Waals surface area contributed by atoms with Crippen molar-refractivity contribution >= 4 is 34.9 Å². The number of halogens is 2. The Morgan fingerprint density at radius 1 is 1.41 bits per heavy atom. The van der Waals surface area contributed by atoms with Crippen LogP contribution in [-0.4, -0.2) is 22.9 Å². The van der Waals surface area contributed by atoms with Gasteiger partial charge in [0.2, 0.25) is 0 Å². The van der Waals surface area contributed by atoms with Gasteiger partial charge in [0.25, 0.3) is 0 Å². The van der Waals surface area contributed by atoms with Crippen LogP contribution in [0.5, 0.6) is 0 Å². The molecule has 0 saturated carbocycles. The number of carbonyl (C=O) groups excluding carboxylic acids is 1. The van der Waals surface area contributed by atoms with Crippen molar-refractivity contribution in [3.8, 4) is 0 Å². The van der Waals surface area contributed by atoms with E-state index in [0.717, 1.165) is 24.1 Å². The standard InChI is InChI=1S/C12H12Cl2N2O/c13-7-1-2-10-9(5-7)11-6-8(14)3-4-16(11)12(17)15-10/h1-2,5,8,11H,3-4,6H2,(H,15,17)/t8?,11-/m0/s1. The summed E-state index contributed by atoms with van der Waals surface area (Å²) >= 11 is 12.2. The number of hydrogen-bond acceptors (Lipinski definition) is 1. The lowest BCUT2D eigenvalue weighted by Crippen LogP contribution is -2.46. The van der Waals surface area contributed by atoms with Gasteiger partial charge in [-0.15, -0.1) is 11.6 Å². The Balaban J connectivity index is 2.05. The molecule has 0 spiro atoms. The molecule has 5 heteroatoms. The Kier molecular flexibility index (Phi) is 2.68. The smallest absolute Gasteiger partial charge is 0.317 e. The molecule has 90 valence electrons. The number of nitrogens with one attached hydrogen (secondary N) is 1. The molecule has 0 aromatic heterocycles.